The molecule has 2 aromatic carbocycles. The highest BCUT2D eigenvalue weighted by molar-refractivity contribution is 6.33. The largest absolute Gasteiger partial charge is 0.493 e. The molecule has 0 radical (unpaired) electrons. The highest BCUT2D eigenvalue weighted by atomic mass is 35.5. The molecule has 2 aromatic rings. The number of rotatable bonds is 6. The Morgan fingerprint density at radius 1 is 1.25 bits per heavy atom. The van der Waals surface area contributed by atoms with Crippen LogP contribution in [0.4, 0.5) is 10.1 Å². The van der Waals surface area contributed by atoms with Crippen LogP contribution in [0.2, 0.25) is 10.0 Å². The number of ether oxygens (including phenoxy) is 2. The van der Waals surface area contributed by atoms with Gasteiger partial charge in [0.25, 0.3) is 5.91 Å². The second-order valence-electron chi connectivity index (χ2n) is 4.92. The monoisotopic (exact) mass is 371 g/mol. The Balaban J connectivity index is 2.27. The molecule has 2 rings (SSSR count). The molecular weight excluding hydrogens is 356 g/mol. The fourth-order valence-electron chi connectivity index (χ4n) is 1.98. The maximum absolute atomic E-state index is 13.8. The summed E-state index contributed by atoms with van der Waals surface area (Å²) in [5, 5.41) is 2.95. The van der Waals surface area contributed by atoms with E-state index in [9.17, 15) is 9.18 Å². The van der Waals surface area contributed by atoms with Gasteiger partial charge in [-0.2, -0.15) is 0 Å². The average molecular weight is 372 g/mol. The molecule has 0 aliphatic rings. The molecule has 0 fully saturated rings. The number of anilines is 1. The van der Waals surface area contributed by atoms with Crippen LogP contribution in [0.5, 0.6) is 11.5 Å². The Labute approximate surface area is 149 Å². The summed E-state index contributed by atoms with van der Waals surface area (Å²) in [5.41, 5.74) is 0.237. The van der Waals surface area contributed by atoms with Gasteiger partial charge >= 0.3 is 0 Å². The molecule has 0 aliphatic heterocycles. The summed E-state index contributed by atoms with van der Waals surface area (Å²) in [7, 11) is 1.45. The SMILES string of the molecule is CCCOc1c(Cl)cc(C(=O)Nc2ccc(Cl)cc2F)cc1OC. The zero-order chi connectivity index (χ0) is 17.7. The Hall–Kier alpha value is -1.98. The highest BCUT2D eigenvalue weighted by Gasteiger charge is 2.17. The van der Waals surface area contributed by atoms with E-state index in [4.69, 9.17) is 32.7 Å². The lowest BCUT2D eigenvalue weighted by Crippen LogP contribution is -2.13. The van der Waals surface area contributed by atoms with Crippen molar-refractivity contribution in [2.45, 2.75) is 13.3 Å². The van der Waals surface area contributed by atoms with E-state index in [1.54, 1.807) is 0 Å². The zero-order valence-corrected chi connectivity index (χ0v) is 14.7. The summed E-state index contributed by atoms with van der Waals surface area (Å²) in [5.74, 6) is -0.455. The van der Waals surface area contributed by atoms with E-state index in [-0.39, 0.29) is 21.3 Å². The second-order valence-corrected chi connectivity index (χ2v) is 5.76. The highest BCUT2D eigenvalue weighted by Crippen LogP contribution is 2.36. The summed E-state index contributed by atoms with van der Waals surface area (Å²) in [6.45, 7) is 2.43. The molecular formula is C17H16Cl2FNO3. The van der Waals surface area contributed by atoms with Crippen molar-refractivity contribution in [2.75, 3.05) is 19.0 Å². The van der Waals surface area contributed by atoms with Gasteiger partial charge in [-0.25, -0.2) is 4.39 Å². The Bertz CT molecular complexity index is 753. The van der Waals surface area contributed by atoms with Gasteiger partial charge in [0.1, 0.15) is 5.82 Å². The summed E-state index contributed by atoms with van der Waals surface area (Å²) in [4.78, 5) is 12.3. The van der Waals surface area contributed by atoms with Crippen LogP contribution in [0.3, 0.4) is 0 Å². The third-order valence-electron chi connectivity index (χ3n) is 3.12. The van der Waals surface area contributed by atoms with Gasteiger partial charge in [0, 0.05) is 10.6 Å². The Morgan fingerprint density at radius 3 is 2.62 bits per heavy atom. The Morgan fingerprint density at radius 2 is 2.00 bits per heavy atom. The second kappa shape index (κ2) is 8.22. The standard InChI is InChI=1S/C17H16Cl2FNO3/c1-3-6-24-16-12(19)7-10(8-15(16)23-2)17(22)21-14-5-4-11(18)9-13(14)20/h4-5,7-9H,3,6H2,1-2H3,(H,21,22). The number of hydrogen-bond acceptors (Lipinski definition) is 3. The quantitative estimate of drug-likeness (QED) is 0.760. The summed E-state index contributed by atoms with van der Waals surface area (Å²) >= 11 is 11.9. The maximum atomic E-state index is 13.8. The third-order valence-corrected chi connectivity index (χ3v) is 3.64. The normalized spacial score (nSPS) is 10.4. The van der Waals surface area contributed by atoms with Gasteiger partial charge in [-0.15, -0.1) is 0 Å². The van der Waals surface area contributed by atoms with E-state index in [1.165, 1.54) is 31.4 Å². The minimum Gasteiger partial charge on any atom is -0.493 e. The lowest BCUT2D eigenvalue weighted by Gasteiger charge is -2.14. The minimum absolute atomic E-state index is 0.0193. The van der Waals surface area contributed by atoms with Crippen molar-refractivity contribution in [1.29, 1.82) is 0 Å². The maximum Gasteiger partial charge on any atom is 0.255 e. The fourth-order valence-corrected chi connectivity index (χ4v) is 2.40. The van der Waals surface area contributed by atoms with E-state index in [2.05, 4.69) is 5.32 Å². The van der Waals surface area contributed by atoms with Crippen LogP contribution in [0.1, 0.15) is 23.7 Å². The van der Waals surface area contributed by atoms with Crippen LogP contribution < -0.4 is 14.8 Å². The summed E-state index contributed by atoms with van der Waals surface area (Å²) in [6, 6.07) is 6.91. The molecule has 0 aromatic heterocycles. The lowest BCUT2D eigenvalue weighted by atomic mass is 10.1. The summed E-state index contributed by atoms with van der Waals surface area (Å²) in [6.07, 6.45) is 0.803. The van der Waals surface area contributed by atoms with E-state index in [1.807, 2.05) is 6.92 Å². The number of amides is 1. The number of benzene rings is 2. The van der Waals surface area contributed by atoms with Gasteiger partial charge < -0.3 is 14.8 Å². The van der Waals surface area contributed by atoms with Crippen molar-refractivity contribution in [3.63, 3.8) is 0 Å². The first kappa shape index (κ1) is 18.4. The molecule has 24 heavy (non-hydrogen) atoms. The van der Waals surface area contributed by atoms with Crippen LogP contribution in [-0.2, 0) is 0 Å². The van der Waals surface area contributed by atoms with Crippen LogP contribution in [0.15, 0.2) is 30.3 Å². The van der Waals surface area contributed by atoms with Gasteiger partial charge in [0.05, 0.1) is 24.4 Å². The van der Waals surface area contributed by atoms with Gasteiger partial charge in [-0.1, -0.05) is 30.1 Å². The van der Waals surface area contributed by atoms with Crippen LogP contribution >= 0.6 is 23.2 Å². The number of halogens is 3. The minimum atomic E-state index is -0.628. The van der Waals surface area contributed by atoms with Crippen molar-refractivity contribution < 1.29 is 18.7 Å². The van der Waals surface area contributed by atoms with Crippen molar-refractivity contribution in [1.82, 2.24) is 0 Å². The average Bonchev–Trinajstić information content (AvgIpc) is 2.55. The number of carbonyl (C=O) groups excluding carboxylic acids is 1. The predicted octanol–water partition coefficient (Wildman–Crippen LogP) is 5.18. The van der Waals surface area contributed by atoms with E-state index < -0.39 is 11.7 Å². The number of methoxy groups -OCH3 is 1. The van der Waals surface area contributed by atoms with E-state index >= 15 is 0 Å². The zero-order valence-electron chi connectivity index (χ0n) is 13.2. The van der Waals surface area contributed by atoms with Crippen molar-refractivity contribution in [2.24, 2.45) is 0 Å². The van der Waals surface area contributed by atoms with Gasteiger partial charge in [-0.3, -0.25) is 4.79 Å². The molecule has 0 spiro atoms. The first-order valence-corrected chi connectivity index (χ1v) is 7.98. The smallest absolute Gasteiger partial charge is 0.255 e. The van der Waals surface area contributed by atoms with Gasteiger partial charge in [0.2, 0.25) is 0 Å². The van der Waals surface area contributed by atoms with Crippen molar-refractivity contribution in [3.05, 3.63) is 51.8 Å². The summed E-state index contributed by atoms with van der Waals surface area (Å²) < 4.78 is 24.5. The molecule has 1 N–H and O–H groups in total. The van der Waals surface area contributed by atoms with Crippen LogP contribution in [-0.4, -0.2) is 19.6 Å². The van der Waals surface area contributed by atoms with E-state index in [0.29, 0.717) is 18.1 Å². The first-order chi connectivity index (χ1) is 11.5. The van der Waals surface area contributed by atoms with Crippen LogP contribution in [0, 0.1) is 5.82 Å². The molecule has 7 heteroatoms. The molecule has 128 valence electrons. The topological polar surface area (TPSA) is 47.6 Å². The first-order valence-electron chi connectivity index (χ1n) is 7.23. The van der Waals surface area contributed by atoms with Gasteiger partial charge in [0.15, 0.2) is 11.5 Å². The van der Waals surface area contributed by atoms with Crippen molar-refractivity contribution in [3.8, 4) is 11.5 Å². The number of carbonyl (C=O) groups is 1. The molecule has 0 saturated heterocycles. The Kier molecular flexibility index (Phi) is 6.29. The van der Waals surface area contributed by atoms with Gasteiger partial charge in [-0.05, 0) is 36.8 Å². The molecule has 0 bridgehead atoms. The molecule has 0 heterocycles. The lowest BCUT2D eigenvalue weighted by molar-refractivity contribution is 0.102. The fraction of sp³-hybridized carbons (Fsp3) is 0.235. The van der Waals surface area contributed by atoms with Crippen molar-refractivity contribution >= 4 is 34.8 Å². The molecule has 1 amide bonds. The third kappa shape index (κ3) is 4.30. The molecule has 4 nitrogen and oxygen atoms in total. The van der Waals surface area contributed by atoms with Crippen LogP contribution in [0.25, 0.3) is 0 Å². The molecule has 0 unspecified atom stereocenters. The molecule has 0 atom stereocenters. The predicted molar refractivity (Wildman–Crippen MR) is 93.2 cm³/mol. The van der Waals surface area contributed by atoms with E-state index in [0.717, 1.165) is 12.5 Å². The number of hydrogen-bond donors (Lipinski definition) is 1. The number of nitrogens with one attached hydrogen (secondary N) is 1. The molecule has 0 saturated carbocycles. The molecule has 0 aliphatic carbocycles.